The number of cyclic esters (lactones) is 1. The summed E-state index contributed by atoms with van der Waals surface area (Å²) in [5.74, 6) is -0.369. The van der Waals surface area contributed by atoms with E-state index in [9.17, 15) is 9.18 Å². The van der Waals surface area contributed by atoms with Crippen molar-refractivity contribution in [2.75, 3.05) is 6.61 Å². The molecule has 1 heterocycles. The maximum absolute atomic E-state index is 13.4. The Morgan fingerprint density at radius 2 is 2.25 bits per heavy atom. The molecule has 1 aliphatic rings. The highest BCUT2D eigenvalue weighted by Gasteiger charge is 2.23. The predicted molar refractivity (Wildman–Crippen MR) is 60.5 cm³/mol. The smallest absolute Gasteiger partial charge is 0.407 e. The molecule has 0 unspecified atom stereocenters. The maximum atomic E-state index is 13.4. The fourth-order valence-electron chi connectivity index (χ4n) is 1.54. The van der Waals surface area contributed by atoms with Crippen molar-refractivity contribution in [3.8, 4) is 0 Å². The maximum Gasteiger partial charge on any atom is 0.407 e. The number of carbonyl (C=O) groups excluding carboxylic acids is 1. The minimum atomic E-state index is -0.523. The molecule has 16 heavy (non-hydrogen) atoms. The lowest BCUT2D eigenvalue weighted by Crippen LogP contribution is -2.35. The van der Waals surface area contributed by atoms with Gasteiger partial charge in [-0.3, -0.25) is 0 Å². The summed E-state index contributed by atoms with van der Waals surface area (Å²) in [4.78, 5) is 11.0. The summed E-state index contributed by atoms with van der Waals surface area (Å²) in [6.07, 6.45) is 0.0221. The van der Waals surface area contributed by atoms with E-state index in [1.807, 2.05) is 0 Å². The highest BCUT2D eigenvalue weighted by molar-refractivity contribution is 6.30. The van der Waals surface area contributed by atoms with Gasteiger partial charge in [0.1, 0.15) is 5.82 Å². The zero-order valence-electron chi connectivity index (χ0n) is 8.20. The molecule has 0 spiro atoms. The molecule has 1 N–H and O–H groups in total. The Labute approximate surface area is 103 Å². The van der Waals surface area contributed by atoms with Gasteiger partial charge in [-0.2, -0.15) is 0 Å². The van der Waals surface area contributed by atoms with Crippen LogP contribution in [0.4, 0.5) is 9.18 Å². The van der Waals surface area contributed by atoms with Gasteiger partial charge in [-0.1, -0.05) is 11.6 Å². The van der Waals surface area contributed by atoms with Crippen LogP contribution in [0.25, 0.3) is 0 Å². The van der Waals surface area contributed by atoms with Crippen molar-refractivity contribution in [1.29, 1.82) is 0 Å². The Morgan fingerprint density at radius 3 is 2.94 bits per heavy atom. The summed E-state index contributed by atoms with van der Waals surface area (Å²) in [5, 5.41) is 2.99. The Kier molecular flexibility index (Phi) is 4.38. The summed E-state index contributed by atoms with van der Waals surface area (Å²) in [5.41, 5.74) is 0.402. The highest BCUT2D eigenvalue weighted by Crippen LogP contribution is 2.25. The van der Waals surface area contributed by atoms with Gasteiger partial charge in [0, 0.05) is 17.0 Å². The molecule has 2 rings (SSSR count). The molecular weight excluding hydrogens is 256 g/mol. The van der Waals surface area contributed by atoms with Crippen LogP contribution in [0, 0.1) is 5.82 Å². The molecule has 0 aliphatic carbocycles. The van der Waals surface area contributed by atoms with E-state index in [2.05, 4.69) is 5.32 Å². The van der Waals surface area contributed by atoms with Crippen LogP contribution in [0.3, 0.4) is 0 Å². The molecular formula is C10H10Cl2FNO2. The van der Waals surface area contributed by atoms with Crippen LogP contribution >= 0.6 is 24.0 Å². The molecule has 88 valence electrons. The Morgan fingerprint density at radius 1 is 1.50 bits per heavy atom. The van der Waals surface area contributed by atoms with Crippen LogP contribution < -0.4 is 5.32 Å². The van der Waals surface area contributed by atoms with Crippen LogP contribution in [0.5, 0.6) is 0 Å². The van der Waals surface area contributed by atoms with E-state index in [4.69, 9.17) is 16.3 Å². The zero-order chi connectivity index (χ0) is 10.8. The summed E-state index contributed by atoms with van der Waals surface area (Å²) in [6, 6.07) is 3.93. The topological polar surface area (TPSA) is 38.3 Å². The van der Waals surface area contributed by atoms with E-state index in [1.54, 1.807) is 0 Å². The number of halogens is 3. The third-order valence-corrected chi connectivity index (χ3v) is 2.50. The van der Waals surface area contributed by atoms with E-state index in [0.29, 0.717) is 23.6 Å². The second-order valence-corrected chi connectivity index (χ2v) is 3.72. The van der Waals surface area contributed by atoms with Crippen molar-refractivity contribution >= 4 is 30.1 Å². The molecule has 0 saturated carbocycles. The first-order valence-electron chi connectivity index (χ1n) is 4.55. The normalized spacial score (nSPS) is 19.4. The van der Waals surface area contributed by atoms with Crippen LogP contribution in [0.15, 0.2) is 18.2 Å². The van der Waals surface area contributed by atoms with Crippen LogP contribution in [0.1, 0.15) is 18.0 Å². The van der Waals surface area contributed by atoms with Gasteiger partial charge in [0.2, 0.25) is 0 Å². The van der Waals surface area contributed by atoms with Crippen molar-refractivity contribution in [3.63, 3.8) is 0 Å². The molecule has 1 amide bonds. The monoisotopic (exact) mass is 265 g/mol. The molecule has 1 aliphatic heterocycles. The Bertz CT molecular complexity index is 400. The van der Waals surface area contributed by atoms with Crippen molar-refractivity contribution < 1.29 is 13.9 Å². The van der Waals surface area contributed by atoms with E-state index in [-0.39, 0.29) is 24.3 Å². The van der Waals surface area contributed by atoms with E-state index in [1.165, 1.54) is 18.2 Å². The minimum Gasteiger partial charge on any atom is -0.449 e. The number of hydrogen-bond donors (Lipinski definition) is 1. The molecule has 1 atom stereocenters. The molecule has 0 radical (unpaired) electrons. The van der Waals surface area contributed by atoms with Crippen molar-refractivity contribution in [2.45, 2.75) is 12.5 Å². The van der Waals surface area contributed by atoms with Gasteiger partial charge < -0.3 is 10.1 Å². The quantitative estimate of drug-likeness (QED) is 0.848. The molecule has 6 heteroatoms. The zero-order valence-corrected chi connectivity index (χ0v) is 9.78. The molecule has 0 bridgehead atoms. The summed E-state index contributed by atoms with van der Waals surface area (Å²) < 4.78 is 18.1. The van der Waals surface area contributed by atoms with Gasteiger partial charge in [0.15, 0.2) is 0 Å². The fraction of sp³-hybridized carbons (Fsp3) is 0.300. The molecule has 1 saturated heterocycles. The number of ether oxygens (including phenoxy) is 1. The Hall–Kier alpha value is -1.00. The first kappa shape index (κ1) is 13.1. The number of amides is 1. The molecule has 1 aromatic carbocycles. The lowest BCUT2D eigenvalue weighted by molar-refractivity contribution is 0.115. The SMILES string of the molecule is Cl.O=C1N[C@@H](c2cc(Cl)ccc2F)CCO1. The first-order chi connectivity index (χ1) is 7.16. The van der Waals surface area contributed by atoms with E-state index >= 15 is 0 Å². The molecule has 1 fully saturated rings. The van der Waals surface area contributed by atoms with E-state index in [0.717, 1.165) is 0 Å². The lowest BCUT2D eigenvalue weighted by Gasteiger charge is -2.24. The summed E-state index contributed by atoms with van der Waals surface area (Å²) in [7, 11) is 0. The average molecular weight is 266 g/mol. The first-order valence-corrected chi connectivity index (χ1v) is 4.93. The largest absolute Gasteiger partial charge is 0.449 e. The van der Waals surface area contributed by atoms with Gasteiger partial charge in [-0.05, 0) is 18.2 Å². The standard InChI is InChI=1S/C10H9ClFNO2.ClH/c11-6-1-2-8(12)7(5-6)9-3-4-15-10(14)13-9;/h1-2,5,9H,3-4H2,(H,13,14);1H/t9-;/m1./s1. The van der Waals surface area contributed by atoms with Gasteiger partial charge >= 0.3 is 6.09 Å². The summed E-state index contributed by atoms with van der Waals surface area (Å²) in [6.45, 7) is 0.294. The van der Waals surface area contributed by atoms with Crippen molar-refractivity contribution in [3.05, 3.63) is 34.6 Å². The second-order valence-electron chi connectivity index (χ2n) is 3.29. The van der Waals surface area contributed by atoms with Gasteiger partial charge in [-0.25, -0.2) is 9.18 Å². The molecule has 0 aromatic heterocycles. The van der Waals surface area contributed by atoms with Gasteiger partial charge in [0.05, 0.1) is 12.6 Å². The van der Waals surface area contributed by atoms with Crippen molar-refractivity contribution in [2.24, 2.45) is 0 Å². The number of hydrogen-bond acceptors (Lipinski definition) is 2. The highest BCUT2D eigenvalue weighted by atomic mass is 35.5. The number of rotatable bonds is 1. The lowest BCUT2D eigenvalue weighted by atomic mass is 10.0. The van der Waals surface area contributed by atoms with Gasteiger partial charge in [0.25, 0.3) is 0 Å². The van der Waals surface area contributed by atoms with Crippen LogP contribution in [-0.4, -0.2) is 12.7 Å². The van der Waals surface area contributed by atoms with Gasteiger partial charge in [-0.15, -0.1) is 12.4 Å². The number of nitrogens with one attached hydrogen (secondary N) is 1. The average Bonchev–Trinajstić information content (AvgIpc) is 2.22. The van der Waals surface area contributed by atoms with Crippen LogP contribution in [-0.2, 0) is 4.74 Å². The van der Waals surface area contributed by atoms with E-state index < -0.39 is 6.09 Å². The fourth-order valence-corrected chi connectivity index (χ4v) is 1.72. The Balaban J connectivity index is 0.00000128. The second kappa shape index (κ2) is 5.37. The molecule has 3 nitrogen and oxygen atoms in total. The number of carbonyl (C=O) groups is 1. The number of alkyl carbamates (subject to hydrolysis) is 1. The summed E-state index contributed by atoms with van der Waals surface area (Å²) >= 11 is 5.76. The molecule has 1 aromatic rings. The predicted octanol–water partition coefficient (Wildman–Crippen LogP) is 3.07. The third kappa shape index (κ3) is 2.77. The third-order valence-electron chi connectivity index (χ3n) is 2.27. The van der Waals surface area contributed by atoms with Crippen LogP contribution in [0.2, 0.25) is 5.02 Å². The van der Waals surface area contributed by atoms with Crippen molar-refractivity contribution in [1.82, 2.24) is 5.32 Å². The minimum absolute atomic E-state index is 0. The number of benzene rings is 1.